The summed E-state index contributed by atoms with van der Waals surface area (Å²) in [6.45, 7) is 1.73. The molecule has 1 heterocycles. The molecule has 1 fully saturated rings. The molecule has 0 aliphatic heterocycles. The number of amides is 1. The van der Waals surface area contributed by atoms with Crippen LogP contribution in [0.1, 0.15) is 23.3 Å². The van der Waals surface area contributed by atoms with E-state index in [-0.39, 0.29) is 36.5 Å². The Balaban J connectivity index is 0.00000300. The normalized spacial score (nSPS) is 13.3. The van der Waals surface area contributed by atoms with Crippen LogP contribution in [-0.4, -0.2) is 44.7 Å². The molecule has 1 aromatic heterocycles. The van der Waals surface area contributed by atoms with Gasteiger partial charge in [0.25, 0.3) is 5.91 Å². The van der Waals surface area contributed by atoms with Gasteiger partial charge in [-0.2, -0.15) is 0 Å². The molecule has 0 saturated heterocycles. The van der Waals surface area contributed by atoms with Gasteiger partial charge in [0, 0.05) is 31.1 Å². The molecule has 0 bridgehead atoms. The Kier molecular flexibility index (Phi) is 10.3. The number of nitrogens with one attached hydrogen (secondary N) is 3. The van der Waals surface area contributed by atoms with Gasteiger partial charge in [-0.25, -0.2) is 0 Å². The highest BCUT2D eigenvalue weighted by atomic mass is 127. The van der Waals surface area contributed by atoms with Crippen molar-refractivity contribution in [2.75, 3.05) is 26.7 Å². The quantitative estimate of drug-likeness (QED) is 0.252. The van der Waals surface area contributed by atoms with Gasteiger partial charge in [-0.05, 0) is 54.8 Å². The van der Waals surface area contributed by atoms with Crippen molar-refractivity contribution in [2.45, 2.75) is 31.7 Å². The predicted molar refractivity (Wildman–Crippen MR) is 130 cm³/mol. The maximum Gasteiger partial charge on any atom is 0.258 e. The average molecular weight is 528 g/mol. The van der Waals surface area contributed by atoms with Gasteiger partial charge >= 0.3 is 0 Å². The number of hydrogen-bond donors (Lipinski definition) is 3. The van der Waals surface area contributed by atoms with E-state index in [1.165, 1.54) is 10.4 Å². The van der Waals surface area contributed by atoms with Crippen molar-refractivity contribution in [1.82, 2.24) is 16.0 Å². The highest BCUT2D eigenvalue weighted by Crippen LogP contribution is 2.18. The summed E-state index contributed by atoms with van der Waals surface area (Å²) in [5.74, 6) is 1.49. The van der Waals surface area contributed by atoms with E-state index in [1.54, 1.807) is 18.4 Å². The number of benzene rings is 1. The molecule has 158 valence electrons. The zero-order valence-corrected chi connectivity index (χ0v) is 19.8. The fourth-order valence-corrected chi connectivity index (χ4v) is 3.41. The van der Waals surface area contributed by atoms with E-state index in [4.69, 9.17) is 4.74 Å². The summed E-state index contributed by atoms with van der Waals surface area (Å²) in [5.41, 5.74) is 1.20. The fourth-order valence-electron chi connectivity index (χ4n) is 2.70. The smallest absolute Gasteiger partial charge is 0.258 e. The Morgan fingerprint density at radius 1 is 1.14 bits per heavy atom. The van der Waals surface area contributed by atoms with Gasteiger partial charge in [0.1, 0.15) is 5.75 Å². The van der Waals surface area contributed by atoms with E-state index < -0.39 is 0 Å². The van der Waals surface area contributed by atoms with Crippen LogP contribution in [0.2, 0.25) is 0 Å². The molecule has 1 aliphatic rings. The number of aliphatic imine (C=N–C) groups is 1. The Morgan fingerprint density at radius 3 is 2.48 bits per heavy atom. The van der Waals surface area contributed by atoms with Gasteiger partial charge in [0.2, 0.25) is 0 Å². The predicted octanol–water partition coefficient (Wildman–Crippen LogP) is 2.97. The lowest BCUT2D eigenvalue weighted by molar-refractivity contribution is -0.123. The van der Waals surface area contributed by atoms with Crippen LogP contribution >= 0.6 is 35.3 Å². The second kappa shape index (κ2) is 12.7. The zero-order chi connectivity index (χ0) is 19.6. The average Bonchev–Trinajstić information content (AvgIpc) is 3.37. The first-order valence-corrected chi connectivity index (χ1v) is 10.6. The SMILES string of the molecule is CN=C(NCCc1ccc(OCC(=O)NC2CC2)cc1)NCCc1cccs1.I. The summed E-state index contributed by atoms with van der Waals surface area (Å²) >= 11 is 1.78. The zero-order valence-electron chi connectivity index (χ0n) is 16.6. The third kappa shape index (κ3) is 9.03. The molecule has 2 aromatic rings. The molecule has 0 atom stereocenters. The van der Waals surface area contributed by atoms with Crippen LogP contribution < -0.4 is 20.7 Å². The summed E-state index contributed by atoms with van der Waals surface area (Å²) in [7, 11) is 1.78. The molecule has 1 aromatic carbocycles. The lowest BCUT2D eigenvalue weighted by atomic mass is 10.1. The lowest BCUT2D eigenvalue weighted by Crippen LogP contribution is -2.39. The van der Waals surface area contributed by atoms with Crippen LogP contribution in [0.5, 0.6) is 5.75 Å². The molecule has 6 nitrogen and oxygen atoms in total. The monoisotopic (exact) mass is 528 g/mol. The molecule has 3 N–H and O–H groups in total. The first-order valence-electron chi connectivity index (χ1n) is 9.71. The van der Waals surface area contributed by atoms with Gasteiger partial charge in [-0.15, -0.1) is 35.3 Å². The number of halogens is 1. The molecule has 1 amide bonds. The topological polar surface area (TPSA) is 74.8 Å². The highest BCUT2D eigenvalue weighted by molar-refractivity contribution is 14.0. The fraction of sp³-hybridized carbons (Fsp3) is 0.429. The Hall–Kier alpha value is -1.81. The van der Waals surface area contributed by atoms with Gasteiger partial charge < -0.3 is 20.7 Å². The number of rotatable bonds is 10. The summed E-state index contributed by atoms with van der Waals surface area (Å²) in [4.78, 5) is 17.3. The van der Waals surface area contributed by atoms with Crippen molar-refractivity contribution in [2.24, 2.45) is 4.99 Å². The minimum atomic E-state index is -0.0475. The molecule has 0 spiro atoms. The van der Waals surface area contributed by atoms with Crippen molar-refractivity contribution < 1.29 is 9.53 Å². The third-order valence-corrected chi connectivity index (χ3v) is 5.35. The summed E-state index contributed by atoms with van der Waals surface area (Å²) < 4.78 is 5.53. The number of ether oxygens (including phenoxy) is 1. The molecule has 29 heavy (non-hydrogen) atoms. The van der Waals surface area contributed by atoms with Crippen molar-refractivity contribution in [3.63, 3.8) is 0 Å². The van der Waals surface area contributed by atoms with Crippen LogP contribution in [0.25, 0.3) is 0 Å². The minimum absolute atomic E-state index is 0. The third-order valence-electron chi connectivity index (χ3n) is 4.41. The molecule has 0 radical (unpaired) electrons. The minimum Gasteiger partial charge on any atom is -0.484 e. The number of thiophene rings is 1. The standard InChI is InChI=1S/C21H28N4O2S.HI/c1-22-21(24-13-11-19-3-2-14-28-19)23-12-10-16-4-8-18(9-5-16)27-15-20(26)25-17-6-7-17;/h2-5,8-9,14,17H,6-7,10-13,15H2,1H3,(H,25,26)(H2,22,23,24);1H. The van der Waals surface area contributed by atoms with Crippen molar-refractivity contribution >= 4 is 47.2 Å². The van der Waals surface area contributed by atoms with E-state index >= 15 is 0 Å². The number of carbonyl (C=O) groups is 1. The lowest BCUT2D eigenvalue weighted by Gasteiger charge is -2.12. The van der Waals surface area contributed by atoms with Gasteiger partial charge in [-0.3, -0.25) is 9.79 Å². The largest absolute Gasteiger partial charge is 0.484 e. The molecule has 1 aliphatic carbocycles. The van der Waals surface area contributed by atoms with E-state index in [1.807, 2.05) is 24.3 Å². The van der Waals surface area contributed by atoms with Crippen LogP contribution in [0, 0.1) is 0 Å². The first kappa shape index (κ1) is 23.5. The molecular weight excluding hydrogens is 499 g/mol. The van der Waals surface area contributed by atoms with Gasteiger partial charge in [0.05, 0.1) is 0 Å². The number of nitrogens with zero attached hydrogens (tertiary/aromatic N) is 1. The van der Waals surface area contributed by atoms with Crippen molar-refractivity contribution in [1.29, 1.82) is 0 Å². The second-order valence-corrected chi connectivity index (χ2v) is 7.81. The summed E-state index contributed by atoms with van der Waals surface area (Å²) in [6, 6.07) is 12.5. The first-order chi connectivity index (χ1) is 13.7. The molecule has 0 unspecified atom stereocenters. The van der Waals surface area contributed by atoms with Gasteiger partial charge in [-0.1, -0.05) is 18.2 Å². The van der Waals surface area contributed by atoms with Crippen LogP contribution in [-0.2, 0) is 17.6 Å². The number of carbonyl (C=O) groups excluding carboxylic acids is 1. The summed E-state index contributed by atoms with van der Waals surface area (Å²) in [5, 5.41) is 11.7. The molecule has 3 rings (SSSR count). The van der Waals surface area contributed by atoms with Crippen LogP contribution in [0.15, 0.2) is 46.8 Å². The maximum atomic E-state index is 11.6. The van der Waals surface area contributed by atoms with Crippen molar-refractivity contribution in [3.05, 3.63) is 52.2 Å². The van der Waals surface area contributed by atoms with Crippen LogP contribution in [0.4, 0.5) is 0 Å². The molecule has 1 saturated carbocycles. The Bertz CT molecular complexity index is 761. The van der Waals surface area contributed by atoms with E-state index in [0.717, 1.165) is 44.7 Å². The number of guanidine groups is 1. The number of hydrogen-bond acceptors (Lipinski definition) is 4. The van der Waals surface area contributed by atoms with Gasteiger partial charge in [0.15, 0.2) is 12.6 Å². The van der Waals surface area contributed by atoms with E-state index in [9.17, 15) is 4.79 Å². The van der Waals surface area contributed by atoms with E-state index in [2.05, 4.69) is 38.5 Å². The second-order valence-electron chi connectivity index (χ2n) is 6.78. The maximum absolute atomic E-state index is 11.6. The summed E-state index contributed by atoms with van der Waals surface area (Å²) in [6.07, 6.45) is 4.05. The Morgan fingerprint density at radius 2 is 1.86 bits per heavy atom. The Labute approximate surface area is 193 Å². The van der Waals surface area contributed by atoms with E-state index in [0.29, 0.717) is 11.8 Å². The molecule has 8 heteroatoms. The van der Waals surface area contributed by atoms with Crippen molar-refractivity contribution in [3.8, 4) is 5.75 Å². The highest BCUT2D eigenvalue weighted by Gasteiger charge is 2.23. The molecular formula is C21H29IN4O2S. The van der Waals surface area contributed by atoms with Crippen LogP contribution in [0.3, 0.4) is 0 Å².